The molecule has 37 heavy (non-hydrogen) atoms. The first-order valence-electron chi connectivity index (χ1n) is 13.4. The summed E-state index contributed by atoms with van der Waals surface area (Å²) in [4.78, 5) is 33.5. The zero-order valence-electron chi connectivity index (χ0n) is 22.3. The second-order valence-electron chi connectivity index (χ2n) is 9.75. The molecule has 2 aliphatic heterocycles. The number of nitrogens with zero attached hydrogens (tertiary/aromatic N) is 3. The number of ether oxygens (including phenoxy) is 2. The lowest BCUT2D eigenvalue weighted by atomic mass is 9.83. The van der Waals surface area contributed by atoms with Crippen LogP contribution in [0.2, 0.25) is 0 Å². The first kappa shape index (κ1) is 26.9. The van der Waals surface area contributed by atoms with E-state index in [4.69, 9.17) is 9.47 Å². The molecular weight excluding hydrogens is 468 g/mol. The number of likely N-dealkylation sites (N-methyl/N-ethyl adjacent to an activating group) is 1. The lowest BCUT2D eigenvalue weighted by Gasteiger charge is -2.41. The molecule has 2 fully saturated rings. The number of piperazine rings is 1. The van der Waals surface area contributed by atoms with E-state index in [9.17, 15) is 9.59 Å². The normalized spacial score (nSPS) is 21.1. The van der Waals surface area contributed by atoms with Gasteiger partial charge in [-0.05, 0) is 67.9 Å². The maximum Gasteiger partial charge on any atom is 0.227 e. The summed E-state index contributed by atoms with van der Waals surface area (Å²) in [5.41, 5.74) is 1.67. The minimum Gasteiger partial charge on any atom is -0.497 e. The highest BCUT2D eigenvalue weighted by Crippen LogP contribution is 2.40. The van der Waals surface area contributed by atoms with E-state index in [-0.39, 0.29) is 17.7 Å². The van der Waals surface area contributed by atoms with E-state index in [1.54, 1.807) is 19.1 Å². The SMILES string of the molecule is CCN1CCN(CCCNC(=O)[C@H]2CCC(=O)N(c3ccc(OC)cc3)[C@H]2c2ccc(OC)cc2)CC1. The average Bonchev–Trinajstić information content (AvgIpc) is 2.95. The van der Waals surface area contributed by atoms with Gasteiger partial charge in [0.25, 0.3) is 0 Å². The van der Waals surface area contributed by atoms with Crippen molar-refractivity contribution in [2.75, 3.05) is 64.9 Å². The number of benzene rings is 2. The number of hydrogen-bond acceptors (Lipinski definition) is 6. The van der Waals surface area contributed by atoms with Crippen LogP contribution in [0.15, 0.2) is 48.5 Å². The predicted octanol–water partition coefficient (Wildman–Crippen LogP) is 3.33. The Labute approximate surface area is 220 Å². The number of amides is 2. The molecular formula is C29H40N4O4. The van der Waals surface area contributed by atoms with Crippen molar-refractivity contribution in [2.45, 2.75) is 32.2 Å². The van der Waals surface area contributed by atoms with Crippen molar-refractivity contribution in [3.8, 4) is 11.5 Å². The molecule has 0 aliphatic carbocycles. The third-order valence-electron chi connectivity index (χ3n) is 7.60. The summed E-state index contributed by atoms with van der Waals surface area (Å²) in [5, 5.41) is 3.18. The minimum absolute atomic E-state index is 0.00244. The molecule has 0 bridgehead atoms. The molecule has 2 heterocycles. The lowest BCUT2D eigenvalue weighted by Crippen LogP contribution is -2.49. The number of hydrogen-bond donors (Lipinski definition) is 1. The van der Waals surface area contributed by atoms with Gasteiger partial charge in [-0.2, -0.15) is 0 Å². The molecule has 200 valence electrons. The van der Waals surface area contributed by atoms with Gasteiger partial charge in [0, 0.05) is 44.8 Å². The van der Waals surface area contributed by atoms with Gasteiger partial charge < -0.3 is 29.5 Å². The Kier molecular flexibility index (Phi) is 9.41. The van der Waals surface area contributed by atoms with E-state index in [0.29, 0.717) is 19.4 Å². The Balaban J connectivity index is 1.47. The van der Waals surface area contributed by atoms with E-state index >= 15 is 0 Å². The molecule has 8 nitrogen and oxygen atoms in total. The number of anilines is 1. The van der Waals surface area contributed by atoms with Crippen LogP contribution in [0.25, 0.3) is 0 Å². The summed E-state index contributed by atoms with van der Waals surface area (Å²) in [7, 11) is 3.25. The van der Waals surface area contributed by atoms with Crippen LogP contribution in [0, 0.1) is 5.92 Å². The zero-order chi connectivity index (χ0) is 26.2. The molecule has 0 saturated carbocycles. The second kappa shape index (κ2) is 12.9. The smallest absolute Gasteiger partial charge is 0.227 e. The monoisotopic (exact) mass is 508 g/mol. The fourth-order valence-corrected chi connectivity index (χ4v) is 5.37. The number of carbonyl (C=O) groups is 2. The Morgan fingerprint density at radius 1 is 0.919 bits per heavy atom. The summed E-state index contributed by atoms with van der Waals surface area (Å²) in [6, 6.07) is 14.7. The highest BCUT2D eigenvalue weighted by Gasteiger charge is 2.41. The molecule has 0 radical (unpaired) electrons. The van der Waals surface area contributed by atoms with Gasteiger partial charge in [-0.15, -0.1) is 0 Å². The third-order valence-corrected chi connectivity index (χ3v) is 7.60. The van der Waals surface area contributed by atoms with Gasteiger partial charge in [0.1, 0.15) is 11.5 Å². The molecule has 1 N–H and O–H groups in total. The Morgan fingerprint density at radius 3 is 2.11 bits per heavy atom. The highest BCUT2D eigenvalue weighted by molar-refractivity contribution is 5.97. The molecule has 2 atom stereocenters. The minimum atomic E-state index is -0.400. The Hall–Kier alpha value is -3.10. The van der Waals surface area contributed by atoms with Gasteiger partial charge in [0.15, 0.2) is 0 Å². The number of carbonyl (C=O) groups excluding carboxylic acids is 2. The Morgan fingerprint density at radius 2 is 1.51 bits per heavy atom. The number of methoxy groups -OCH3 is 2. The lowest BCUT2D eigenvalue weighted by molar-refractivity contribution is -0.129. The first-order chi connectivity index (χ1) is 18.0. The molecule has 4 rings (SSSR count). The molecule has 2 aliphatic rings. The van der Waals surface area contributed by atoms with Crippen molar-refractivity contribution >= 4 is 17.5 Å². The molecule has 0 aromatic heterocycles. The summed E-state index contributed by atoms with van der Waals surface area (Å²) >= 11 is 0. The van der Waals surface area contributed by atoms with Gasteiger partial charge in [-0.3, -0.25) is 9.59 Å². The molecule has 2 saturated heterocycles. The number of rotatable bonds is 10. The fourth-order valence-electron chi connectivity index (χ4n) is 5.37. The van der Waals surface area contributed by atoms with Crippen molar-refractivity contribution in [2.24, 2.45) is 5.92 Å². The van der Waals surface area contributed by atoms with Crippen molar-refractivity contribution in [1.29, 1.82) is 0 Å². The van der Waals surface area contributed by atoms with Gasteiger partial charge in [0.2, 0.25) is 11.8 Å². The van der Waals surface area contributed by atoms with Crippen LogP contribution in [0.1, 0.15) is 37.8 Å². The van der Waals surface area contributed by atoms with E-state index < -0.39 is 6.04 Å². The maximum atomic E-state index is 13.5. The van der Waals surface area contributed by atoms with Crippen LogP contribution in [-0.2, 0) is 9.59 Å². The van der Waals surface area contributed by atoms with Gasteiger partial charge >= 0.3 is 0 Å². The van der Waals surface area contributed by atoms with Crippen molar-refractivity contribution in [3.63, 3.8) is 0 Å². The highest BCUT2D eigenvalue weighted by atomic mass is 16.5. The van der Waals surface area contributed by atoms with E-state index in [1.165, 1.54) is 0 Å². The fraction of sp³-hybridized carbons (Fsp3) is 0.517. The van der Waals surface area contributed by atoms with Crippen LogP contribution < -0.4 is 19.7 Å². The largest absolute Gasteiger partial charge is 0.497 e. The van der Waals surface area contributed by atoms with E-state index in [2.05, 4.69) is 22.0 Å². The first-order valence-corrected chi connectivity index (χ1v) is 13.4. The quantitative estimate of drug-likeness (QED) is 0.497. The van der Waals surface area contributed by atoms with Gasteiger partial charge in [0.05, 0.1) is 26.2 Å². The standard InChI is InChI=1S/C29H40N4O4/c1-4-31-18-20-32(21-19-31)17-5-16-30-29(35)26-14-15-27(34)33(23-8-12-25(37-3)13-9-23)28(26)22-6-10-24(36-2)11-7-22/h6-13,26,28H,4-5,14-21H2,1-3H3,(H,30,35)/t26-,28-/m0/s1. The number of nitrogens with one attached hydrogen (secondary N) is 1. The van der Waals surface area contributed by atoms with Gasteiger partial charge in [-0.25, -0.2) is 0 Å². The zero-order valence-corrected chi connectivity index (χ0v) is 22.3. The van der Waals surface area contributed by atoms with Crippen molar-refractivity contribution < 1.29 is 19.1 Å². The second-order valence-corrected chi connectivity index (χ2v) is 9.75. The number of piperidine rings is 1. The molecule has 8 heteroatoms. The summed E-state index contributed by atoms with van der Waals surface area (Å²) in [6.07, 6.45) is 1.77. The van der Waals surface area contributed by atoms with Crippen molar-refractivity contribution in [3.05, 3.63) is 54.1 Å². The van der Waals surface area contributed by atoms with E-state index in [1.807, 2.05) is 48.5 Å². The van der Waals surface area contributed by atoms with Crippen LogP contribution in [0.4, 0.5) is 5.69 Å². The van der Waals surface area contributed by atoms with E-state index in [0.717, 1.165) is 68.4 Å². The van der Waals surface area contributed by atoms with Crippen LogP contribution >= 0.6 is 0 Å². The van der Waals surface area contributed by atoms with Crippen LogP contribution in [0.5, 0.6) is 11.5 Å². The molecule has 0 unspecified atom stereocenters. The topological polar surface area (TPSA) is 74.4 Å². The average molecular weight is 509 g/mol. The van der Waals surface area contributed by atoms with Crippen molar-refractivity contribution in [1.82, 2.24) is 15.1 Å². The molecule has 2 aromatic rings. The van der Waals surface area contributed by atoms with Crippen LogP contribution in [0.3, 0.4) is 0 Å². The third kappa shape index (κ3) is 6.62. The van der Waals surface area contributed by atoms with Gasteiger partial charge in [-0.1, -0.05) is 19.1 Å². The summed E-state index contributed by atoms with van der Waals surface area (Å²) in [5.74, 6) is 1.13. The summed E-state index contributed by atoms with van der Waals surface area (Å²) in [6.45, 7) is 9.34. The Bertz CT molecular complexity index is 1020. The maximum absolute atomic E-state index is 13.5. The van der Waals surface area contributed by atoms with Crippen LogP contribution in [-0.4, -0.2) is 81.6 Å². The predicted molar refractivity (Wildman–Crippen MR) is 145 cm³/mol. The summed E-state index contributed by atoms with van der Waals surface area (Å²) < 4.78 is 10.6. The molecule has 0 spiro atoms. The molecule has 2 aromatic carbocycles. The molecule has 2 amide bonds.